The van der Waals surface area contributed by atoms with Gasteiger partial charge in [-0.2, -0.15) is 4.98 Å². The van der Waals surface area contributed by atoms with Crippen molar-refractivity contribution in [2.24, 2.45) is 0 Å². The van der Waals surface area contributed by atoms with Gasteiger partial charge in [0.25, 0.3) is 11.5 Å². The van der Waals surface area contributed by atoms with Crippen molar-refractivity contribution in [3.63, 3.8) is 0 Å². The Morgan fingerprint density at radius 2 is 1.78 bits per heavy atom. The highest BCUT2D eigenvalue weighted by molar-refractivity contribution is 6.39. The second kappa shape index (κ2) is 10.0. The summed E-state index contributed by atoms with van der Waals surface area (Å²) in [6.07, 6.45) is 0. The number of amides is 1. The number of pyridine rings is 1. The maximum absolute atomic E-state index is 13.1. The van der Waals surface area contributed by atoms with Gasteiger partial charge in [0.05, 0.1) is 21.4 Å². The van der Waals surface area contributed by atoms with E-state index in [1.807, 2.05) is 18.9 Å². The molecule has 4 aromatic rings. The molecule has 12 heteroatoms. The van der Waals surface area contributed by atoms with E-state index in [0.717, 1.165) is 23.5 Å². The molecule has 0 radical (unpaired) electrons. The van der Waals surface area contributed by atoms with Crippen molar-refractivity contribution in [1.82, 2.24) is 29.5 Å². The van der Waals surface area contributed by atoms with Crippen LogP contribution in [0.4, 0.5) is 11.6 Å². The van der Waals surface area contributed by atoms with Crippen LogP contribution in [0.1, 0.15) is 16.2 Å². The van der Waals surface area contributed by atoms with Crippen LogP contribution >= 0.6 is 23.2 Å². The summed E-state index contributed by atoms with van der Waals surface area (Å²) in [6.45, 7) is 4.84. The zero-order chi connectivity index (χ0) is 26.3. The molecule has 1 aliphatic rings. The Morgan fingerprint density at radius 3 is 2.46 bits per heavy atom. The summed E-state index contributed by atoms with van der Waals surface area (Å²) in [6, 6.07) is 9.87. The van der Waals surface area contributed by atoms with Gasteiger partial charge in [0.15, 0.2) is 5.65 Å². The number of rotatable bonds is 5. The molecule has 0 spiro atoms. The number of fused-ring (bicyclic) bond motifs is 1. The molecule has 4 heterocycles. The van der Waals surface area contributed by atoms with Crippen LogP contribution in [0.3, 0.4) is 0 Å². The lowest BCUT2D eigenvalue weighted by Gasteiger charge is -2.32. The van der Waals surface area contributed by atoms with Crippen molar-refractivity contribution in [3.8, 4) is 11.3 Å². The molecule has 1 amide bonds. The van der Waals surface area contributed by atoms with E-state index in [1.165, 1.54) is 13.2 Å². The van der Waals surface area contributed by atoms with Crippen LogP contribution in [-0.4, -0.2) is 75.7 Å². The highest BCUT2D eigenvalue weighted by Gasteiger charge is 2.23. The smallest absolute Gasteiger partial charge is 0.285 e. The summed E-state index contributed by atoms with van der Waals surface area (Å²) in [7, 11) is 3.42. The zero-order valence-corrected chi connectivity index (χ0v) is 22.0. The van der Waals surface area contributed by atoms with Crippen molar-refractivity contribution < 1.29 is 9.63 Å². The molecule has 1 fully saturated rings. The Labute approximate surface area is 222 Å². The first kappa shape index (κ1) is 25.1. The lowest BCUT2D eigenvalue weighted by atomic mass is 10.1. The quantitative estimate of drug-likeness (QED) is 0.397. The Hall–Kier alpha value is -3.60. The van der Waals surface area contributed by atoms with E-state index in [0.29, 0.717) is 51.2 Å². The van der Waals surface area contributed by atoms with Crippen LogP contribution in [0, 0.1) is 6.92 Å². The van der Waals surface area contributed by atoms with E-state index in [9.17, 15) is 9.59 Å². The number of benzene rings is 1. The Bertz CT molecular complexity index is 1540. The van der Waals surface area contributed by atoms with E-state index in [2.05, 4.69) is 20.2 Å². The number of hydrogen-bond donors (Lipinski definition) is 2. The van der Waals surface area contributed by atoms with Gasteiger partial charge in [0, 0.05) is 48.9 Å². The van der Waals surface area contributed by atoms with Gasteiger partial charge in [0.1, 0.15) is 12.8 Å². The molecule has 1 aliphatic heterocycles. The third-order valence-electron chi connectivity index (χ3n) is 6.38. The summed E-state index contributed by atoms with van der Waals surface area (Å²) in [5, 5.41) is 4.50. The number of carbonyl (C=O) groups is 1. The number of H-pyrrole nitrogens is 1. The number of aromatic nitrogens is 4. The molecule has 0 saturated carbocycles. The third kappa shape index (κ3) is 4.75. The fraction of sp³-hybridized carbons (Fsp3) is 0.280. The minimum Gasteiger partial charge on any atom is -0.412 e. The molecule has 37 heavy (non-hydrogen) atoms. The average molecular weight is 542 g/mol. The standard InChI is InChI=1S/C25H25Cl2N7O3/c1-14-18(13-19(28-14)24(36)33-11-9-32(2)10-12-33)29-25-30-22(21-16(26)5-4-6-17(21)27)15-7-8-20(35)34(37-3)23(15)31-25/h4-8,13,28H,9-12H2,1-3H3,(H,29,30,31). The molecule has 5 rings (SSSR count). The summed E-state index contributed by atoms with van der Waals surface area (Å²) in [4.78, 5) is 47.3. The Morgan fingerprint density at radius 1 is 1.08 bits per heavy atom. The van der Waals surface area contributed by atoms with Crippen LogP contribution in [0.2, 0.25) is 10.0 Å². The molecular weight excluding hydrogens is 517 g/mol. The molecule has 192 valence electrons. The number of aryl methyl sites for hydroxylation is 1. The molecule has 2 N–H and O–H groups in total. The lowest BCUT2D eigenvalue weighted by molar-refractivity contribution is 0.0659. The first-order valence-electron chi connectivity index (χ1n) is 11.6. The largest absolute Gasteiger partial charge is 0.412 e. The van der Waals surface area contributed by atoms with Gasteiger partial charge in [-0.3, -0.25) is 9.59 Å². The first-order valence-corrected chi connectivity index (χ1v) is 12.4. The van der Waals surface area contributed by atoms with E-state index < -0.39 is 5.56 Å². The van der Waals surface area contributed by atoms with Gasteiger partial charge in [-0.25, -0.2) is 4.98 Å². The minimum atomic E-state index is -0.395. The average Bonchev–Trinajstić information content (AvgIpc) is 3.23. The van der Waals surface area contributed by atoms with Crippen molar-refractivity contribution in [3.05, 3.63) is 68.2 Å². The fourth-order valence-corrected chi connectivity index (χ4v) is 4.92. The SMILES string of the molecule is COn1c(=O)ccc2c(-c3c(Cl)cccc3Cl)nc(Nc3cc(C(=O)N4CCN(C)CC4)[nH]c3C)nc21. The predicted molar refractivity (Wildman–Crippen MR) is 144 cm³/mol. The summed E-state index contributed by atoms with van der Waals surface area (Å²) in [5.41, 5.74) is 2.59. The van der Waals surface area contributed by atoms with Crippen LogP contribution in [0.5, 0.6) is 0 Å². The van der Waals surface area contributed by atoms with Gasteiger partial charge in [0.2, 0.25) is 5.95 Å². The Balaban J connectivity index is 1.58. The fourth-order valence-electron chi connectivity index (χ4n) is 4.34. The van der Waals surface area contributed by atoms with Gasteiger partial charge >= 0.3 is 0 Å². The number of piperazine rings is 1. The van der Waals surface area contributed by atoms with Crippen molar-refractivity contribution in [1.29, 1.82) is 0 Å². The van der Waals surface area contributed by atoms with Crippen LogP contribution in [0.15, 0.2) is 41.2 Å². The number of hydrogen-bond acceptors (Lipinski definition) is 7. The summed E-state index contributed by atoms with van der Waals surface area (Å²) in [5.74, 6) is 0.107. The molecule has 3 aromatic heterocycles. The third-order valence-corrected chi connectivity index (χ3v) is 7.00. The molecule has 0 aliphatic carbocycles. The van der Waals surface area contributed by atoms with Crippen molar-refractivity contribution in [2.75, 3.05) is 45.7 Å². The highest BCUT2D eigenvalue weighted by atomic mass is 35.5. The normalized spacial score (nSPS) is 14.2. The number of carbonyl (C=O) groups excluding carboxylic acids is 1. The molecule has 1 saturated heterocycles. The van der Waals surface area contributed by atoms with Gasteiger partial charge < -0.3 is 24.9 Å². The number of nitrogens with one attached hydrogen (secondary N) is 2. The molecule has 1 aromatic carbocycles. The van der Waals surface area contributed by atoms with E-state index in [1.54, 1.807) is 30.3 Å². The minimum absolute atomic E-state index is 0.0690. The summed E-state index contributed by atoms with van der Waals surface area (Å²) >= 11 is 13.0. The Kier molecular flexibility index (Phi) is 6.80. The highest BCUT2D eigenvalue weighted by Crippen LogP contribution is 2.37. The predicted octanol–water partition coefficient (Wildman–Crippen LogP) is 3.59. The van der Waals surface area contributed by atoms with E-state index in [-0.39, 0.29) is 17.5 Å². The second-order valence-corrected chi connectivity index (χ2v) is 9.63. The van der Waals surface area contributed by atoms with E-state index >= 15 is 0 Å². The molecular formula is C25H25Cl2N7O3. The van der Waals surface area contributed by atoms with Gasteiger partial charge in [-0.1, -0.05) is 29.3 Å². The topological polar surface area (TPSA) is 108 Å². The first-order chi connectivity index (χ1) is 17.8. The number of halogens is 2. The van der Waals surface area contributed by atoms with Crippen molar-refractivity contribution in [2.45, 2.75) is 6.92 Å². The maximum Gasteiger partial charge on any atom is 0.285 e. The summed E-state index contributed by atoms with van der Waals surface area (Å²) < 4.78 is 1.07. The lowest BCUT2D eigenvalue weighted by Crippen LogP contribution is -2.47. The van der Waals surface area contributed by atoms with Crippen molar-refractivity contribution >= 4 is 51.8 Å². The number of nitrogens with zero attached hydrogens (tertiary/aromatic N) is 5. The molecule has 0 atom stereocenters. The maximum atomic E-state index is 13.1. The van der Waals surface area contributed by atoms with Gasteiger partial charge in [-0.15, -0.1) is 4.73 Å². The monoisotopic (exact) mass is 541 g/mol. The van der Waals surface area contributed by atoms with Crippen LogP contribution < -0.4 is 15.7 Å². The van der Waals surface area contributed by atoms with Crippen LogP contribution in [-0.2, 0) is 0 Å². The number of likely N-dealkylation sites (N-methyl/N-ethyl adjacent to an activating group) is 1. The van der Waals surface area contributed by atoms with Gasteiger partial charge in [-0.05, 0) is 38.2 Å². The zero-order valence-electron chi connectivity index (χ0n) is 20.5. The van der Waals surface area contributed by atoms with E-state index in [4.69, 9.17) is 33.0 Å². The van der Waals surface area contributed by atoms with Crippen LogP contribution in [0.25, 0.3) is 22.3 Å². The number of aromatic amines is 1. The second-order valence-electron chi connectivity index (χ2n) is 8.82. The molecule has 0 unspecified atom stereocenters. The molecule has 10 nitrogen and oxygen atoms in total. The molecule has 0 bridgehead atoms. The number of anilines is 2.